The van der Waals surface area contributed by atoms with Crippen molar-refractivity contribution in [3.05, 3.63) is 12.2 Å². The van der Waals surface area contributed by atoms with Crippen LogP contribution in [0, 0.1) is 5.92 Å². The Balaban J connectivity index is 2.46. The molecule has 0 bridgehead atoms. The van der Waals surface area contributed by atoms with E-state index in [1.54, 1.807) is 0 Å². The van der Waals surface area contributed by atoms with Gasteiger partial charge in [-0.05, 0) is 18.8 Å². The zero-order valence-corrected chi connectivity index (χ0v) is 10.5. The first-order chi connectivity index (χ1) is 7.75. The Labute approximate surface area is 99.1 Å². The maximum absolute atomic E-state index is 11.4. The van der Waals surface area contributed by atoms with Crippen LogP contribution >= 0.6 is 0 Å². The van der Waals surface area contributed by atoms with Gasteiger partial charge in [-0.25, -0.2) is 4.79 Å². The first-order valence-electron chi connectivity index (χ1n) is 6.53. The third kappa shape index (κ3) is 4.38. The van der Waals surface area contributed by atoms with Crippen LogP contribution in [-0.4, -0.2) is 13.1 Å². The van der Waals surface area contributed by atoms with Crippen LogP contribution in [0.15, 0.2) is 12.2 Å². The Kier molecular flexibility index (Phi) is 6.20. The molecule has 1 aliphatic carbocycles. The monoisotopic (exact) mass is 224 g/mol. The van der Waals surface area contributed by atoms with Crippen molar-refractivity contribution in [3.8, 4) is 0 Å². The fourth-order valence-electron chi connectivity index (χ4n) is 2.46. The molecule has 0 amide bonds. The highest BCUT2D eigenvalue weighted by atomic mass is 16.5. The number of carbonyl (C=O) groups excluding carboxylic acids is 1. The summed E-state index contributed by atoms with van der Waals surface area (Å²) in [5.41, 5.74) is 0.683. The summed E-state index contributed by atoms with van der Waals surface area (Å²) >= 11 is 0. The van der Waals surface area contributed by atoms with Gasteiger partial charge in [0.1, 0.15) is 0 Å². The molecule has 0 aliphatic heterocycles. The van der Waals surface area contributed by atoms with E-state index in [1.165, 1.54) is 52.1 Å². The zero-order chi connectivity index (χ0) is 11.8. The molecule has 0 unspecified atom stereocenters. The van der Waals surface area contributed by atoms with Gasteiger partial charge in [0.15, 0.2) is 0 Å². The molecule has 0 saturated heterocycles. The Morgan fingerprint density at radius 2 is 1.44 bits per heavy atom. The van der Waals surface area contributed by atoms with E-state index in [2.05, 4.69) is 6.58 Å². The lowest BCUT2D eigenvalue weighted by molar-refractivity contribution is -0.136. The molecular formula is C14H24O2. The van der Waals surface area contributed by atoms with Crippen LogP contribution in [0.25, 0.3) is 0 Å². The molecule has 1 aliphatic rings. The molecule has 0 heterocycles. The predicted molar refractivity (Wildman–Crippen MR) is 66.2 cm³/mol. The summed E-state index contributed by atoms with van der Waals surface area (Å²) in [6.45, 7) is 3.90. The highest BCUT2D eigenvalue weighted by molar-refractivity contribution is 5.88. The van der Waals surface area contributed by atoms with E-state index in [1.807, 2.05) is 0 Å². The summed E-state index contributed by atoms with van der Waals surface area (Å²) in [5.74, 6) is 0.132. The average molecular weight is 224 g/mol. The SMILES string of the molecule is C=C(C(=O)OC)C1CCCCCCCCC1. The van der Waals surface area contributed by atoms with Crippen molar-refractivity contribution in [2.24, 2.45) is 5.92 Å². The van der Waals surface area contributed by atoms with Crippen LogP contribution in [-0.2, 0) is 9.53 Å². The zero-order valence-electron chi connectivity index (χ0n) is 10.5. The van der Waals surface area contributed by atoms with Crippen molar-refractivity contribution in [1.82, 2.24) is 0 Å². The van der Waals surface area contributed by atoms with Gasteiger partial charge >= 0.3 is 5.97 Å². The van der Waals surface area contributed by atoms with Crippen LogP contribution in [0.2, 0.25) is 0 Å². The van der Waals surface area contributed by atoms with E-state index in [4.69, 9.17) is 4.74 Å². The molecule has 92 valence electrons. The van der Waals surface area contributed by atoms with Crippen LogP contribution in [0.5, 0.6) is 0 Å². The molecule has 0 N–H and O–H groups in total. The van der Waals surface area contributed by atoms with E-state index in [9.17, 15) is 4.79 Å². The highest BCUT2D eigenvalue weighted by Gasteiger charge is 2.19. The van der Waals surface area contributed by atoms with E-state index in [0.717, 1.165) is 12.8 Å². The van der Waals surface area contributed by atoms with Crippen molar-refractivity contribution >= 4 is 5.97 Å². The molecule has 0 aromatic heterocycles. The molecule has 0 spiro atoms. The predicted octanol–water partition coefficient (Wildman–Crippen LogP) is 3.86. The molecule has 2 nitrogen and oxygen atoms in total. The summed E-state index contributed by atoms with van der Waals surface area (Å²) in [6.07, 6.45) is 11.3. The number of rotatable bonds is 2. The number of ether oxygens (including phenoxy) is 1. The van der Waals surface area contributed by atoms with E-state index in [0.29, 0.717) is 11.5 Å². The molecule has 1 fully saturated rings. The maximum Gasteiger partial charge on any atom is 0.333 e. The Bertz CT molecular complexity index is 223. The van der Waals surface area contributed by atoms with Crippen LogP contribution in [0.3, 0.4) is 0 Å². The van der Waals surface area contributed by atoms with Gasteiger partial charge in [0.05, 0.1) is 7.11 Å². The average Bonchev–Trinajstić information content (AvgIpc) is 2.34. The van der Waals surface area contributed by atoms with Crippen LogP contribution in [0.1, 0.15) is 57.8 Å². The minimum Gasteiger partial charge on any atom is -0.466 e. The Morgan fingerprint density at radius 3 is 1.88 bits per heavy atom. The van der Waals surface area contributed by atoms with Gasteiger partial charge in [0.25, 0.3) is 0 Å². The molecule has 1 saturated carbocycles. The maximum atomic E-state index is 11.4. The molecule has 0 radical (unpaired) electrons. The molecule has 1 rings (SSSR count). The molecule has 0 atom stereocenters. The topological polar surface area (TPSA) is 26.3 Å². The van der Waals surface area contributed by atoms with Crippen molar-refractivity contribution in [3.63, 3.8) is 0 Å². The Hall–Kier alpha value is -0.790. The standard InChI is InChI=1S/C14H24O2/c1-12(14(15)16-2)13-10-8-6-4-3-5-7-9-11-13/h13H,1,3-11H2,2H3. The fraction of sp³-hybridized carbons (Fsp3) is 0.786. The smallest absolute Gasteiger partial charge is 0.333 e. The molecule has 0 aromatic carbocycles. The first-order valence-corrected chi connectivity index (χ1v) is 6.53. The summed E-state index contributed by atoms with van der Waals surface area (Å²) in [7, 11) is 1.44. The highest BCUT2D eigenvalue weighted by Crippen LogP contribution is 2.26. The van der Waals surface area contributed by atoms with Crippen molar-refractivity contribution in [1.29, 1.82) is 0 Å². The van der Waals surface area contributed by atoms with Crippen molar-refractivity contribution in [2.75, 3.05) is 7.11 Å². The molecule has 16 heavy (non-hydrogen) atoms. The number of hydrogen-bond acceptors (Lipinski definition) is 2. The fourth-order valence-corrected chi connectivity index (χ4v) is 2.46. The molecule has 0 aromatic rings. The van der Waals surface area contributed by atoms with E-state index >= 15 is 0 Å². The van der Waals surface area contributed by atoms with Crippen molar-refractivity contribution in [2.45, 2.75) is 57.8 Å². The second-order valence-electron chi connectivity index (χ2n) is 4.77. The summed E-state index contributed by atoms with van der Waals surface area (Å²) in [6, 6.07) is 0. The summed E-state index contributed by atoms with van der Waals surface area (Å²) < 4.78 is 4.75. The quantitative estimate of drug-likeness (QED) is 0.526. The van der Waals surface area contributed by atoms with Gasteiger partial charge < -0.3 is 4.74 Å². The van der Waals surface area contributed by atoms with Crippen LogP contribution in [0.4, 0.5) is 0 Å². The third-order valence-corrected chi connectivity index (χ3v) is 3.55. The van der Waals surface area contributed by atoms with Crippen LogP contribution < -0.4 is 0 Å². The van der Waals surface area contributed by atoms with Gasteiger partial charge in [-0.15, -0.1) is 0 Å². The minimum atomic E-state index is -0.220. The lowest BCUT2D eigenvalue weighted by atomic mass is 9.87. The number of esters is 1. The van der Waals surface area contributed by atoms with E-state index in [-0.39, 0.29) is 5.97 Å². The van der Waals surface area contributed by atoms with E-state index < -0.39 is 0 Å². The third-order valence-electron chi connectivity index (χ3n) is 3.55. The Morgan fingerprint density at radius 1 is 1.00 bits per heavy atom. The first kappa shape index (κ1) is 13.3. The van der Waals surface area contributed by atoms with Gasteiger partial charge in [0.2, 0.25) is 0 Å². The lowest BCUT2D eigenvalue weighted by Crippen LogP contribution is -2.14. The number of hydrogen-bond donors (Lipinski definition) is 0. The second-order valence-corrected chi connectivity index (χ2v) is 4.77. The normalized spacial score (nSPS) is 20.1. The summed E-state index contributed by atoms with van der Waals surface area (Å²) in [5, 5.41) is 0. The number of methoxy groups -OCH3 is 1. The van der Waals surface area contributed by atoms with Gasteiger partial charge in [-0.3, -0.25) is 0 Å². The molecular weight excluding hydrogens is 200 g/mol. The number of carbonyl (C=O) groups is 1. The summed E-state index contributed by atoms with van der Waals surface area (Å²) in [4.78, 5) is 11.4. The lowest BCUT2D eigenvalue weighted by Gasteiger charge is -2.19. The minimum absolute atomic E-state index is 0.220. The van der Waals surface area contributed by atoms with Gasteiger partial charge in [0, 0.05) is 5.57 Å². The molecule has 2 heteroatoms. The second kappa shape index (κ2) is 7.48. The van der Waals surface area contributed by atoms with Gasteiger partial charge in [-0.1, -0.05) is 51.5 Å². The van der Waals surface area contributed by atoms with Crippen molar-refractivity contribution < 1.29 is 9.53 Å². The van der Waals surface area contributed by atoms with Gasteiger partial charge in [-0.2, -0.15) is 0 Å². The largest absolute Gasteiger partial charge is 0.466 e.